The molecule has 0 amide bonds. The topological polar surface area (TPSA) is 40.5 Å². The molecule has 156 valence electrons. The predicted octanol–water partition coefficient (Wildman–Crippen LogP) is 4.90. The second-order valence-corrected chi connectivity index (χ2v) is 9.02. The smallest absolute Gasteiger partial charge is 0.163 e. The van der Waals surface area contributed by atoms with Gasteiger partial charge in [-0.2, -0.15) is 0 Å². The molecule has 0 aliphatic heterocycles. The average molecular weight is 386 g/mol. The zero-order chi connectivity index (χ0) is 20.6. The van der Waals surface area contributed by atoms with Crippen LogP contribution in [-0.4, -0.2) is 40.5 Å². The second kappa shape index (κ2) is 11.0. The van der Waals surface area contributed by atoms with Crippen molar-refractivity contribution in [2.75, 3.05) is 6.54 Å². The highest BCUT2D eigenvalue weighted by atomic mass is 16.3. The van der Waals surface area contributed by atoms with Gasteiger partial charge in [0.2, 0.25) is 0 Å². The Balaban J connectivity index is 1.94. The lowest BCUT2D eigenvalue weighted by Gasteiger charge is -2.44. The van der Waals surface area contributed by atoms with Crippen molar-refractivity contribution in [2.45, 2.75) is 97.2 Å². The molecule has 1 N–H and O–H groups in total. The van der Waals surface area contributed by atoms with Crippen LogP contribution in [0.15, 0.2) is 24.3 Å². The number of rotatable bonds is 8. The van der Waals surface area contributed by atoms with E-state index in [4.69, 9.17) is 0 Å². The van der Waals surface area contributed by atoms with Gasteiger partial charge in [0.25, 0.3) is 0 Å². The third-order valence-electron chi connectivity index (χ3n) is 6.51. The number of aliphatic hydroxyl groups excluding tert-OH is 1. The SMILES string of the molecule is CC(C)N(CC#CCCC(=O)C(O)C1(C2CCCCC2)C=CC=CC1)C(C)C. The highest BCUT2D eigenvalue weighted by Crippen LogP contribution is 2.47. The quantitative estimate of drug-likeness (QED) is 0.604. The van der Waals surface area contributed by atoms with Gasteiger partial charge in [-0.15, -0.1) is 5.92 Å². The maximum atomic E-state index is 12.8. The molecule has 0 saturated heterocycles. The number of hydrogen-bond acceptors (Lipinski definition) is 3. The van der Waals surface area contributed by atoms with E-state index in [9.17, 15) is 9.90 Å². The summed E-state index contributed by atoms with van der Waals surface area (Å²) in [6.07, 6.45) is 14.9. The van der Waals surface area contributed by atoms with Gasteiger partial charge in [-0.3, -0.25) is 9.69 Å². The van der Waals surface area contributed by atoms with Gasteiger partial charge in [-0.1, -0.05) is 49.5 Å². The van der Waals surface area contributed by atoms with Crippen molar-refractivity contribution in [2.24, 2.45) is 11.3 Å². The first kappa shape index (κ1) is 22.9. The molecule has 3 nitrogen and oxygen atoms in total. The number of carbonyl (C=O) groups is 1. The summed E-state index contributed by atoms with van der Waals surface area (Å²) < 4.78 is 0. The number of aliphatic hydroxyl groups is 1. The number of Topliss-reactive ketones (excluding diaryl/α,β-unsaturated/α-hetero) is 1. The minimum absolute atomic E-state index is 0.0515. The lowest BCUT2D eigenvalue weighted by atomic mass is 9.61. The fourth-order valence-electron chi connectivity index (χ4n) is 4.84. The maximum Gasteiger partial charge on any atom is 0.163 e. The van der Waals surface area contributed by atoms with Gasteiger partial charge in [0, 0.05) is 30.3 Å². The number of allylic oxidation sites excluding steroid dienone is 3. The molecule has 0 radical (unpaired) electrons. The van der Waals surface area contributed by atoms with Crippen LogP contribution < -0.4 is 0 Å². The molecular weight excluding hydrogens is 346 g/mol. The highest BCUT2D eigenvalue weighted by Gasteiger charge is 2.45. The second-order valence-electron chi connectivity index (χ2n) is 9.02. The molecule has 2 unspecified atom stereocenters. The van der Waals surface area contributed by atoms with Crippen molar-refractivity contribution in [3.05, 3.63) is 24.3 Å². The van der Waals surface area contributed by atoms with Crippen LogP contribution in [0.1, 0.15) is 79.1 Å². The number of nitrogens with zero attached hydrogens (tertiary/aromatic N) is 1. The molecule has 2 atom stereocenters. The van der Waals surface area contributed by atoms with Crippen molar-refractivity contribution in [3.63, 3.8) is 0 Å². The molecule has 0 aromatic heterocycles. The molecule has 1 saturated carbocycles. The highest BCUT2D eigenvalue weighted by molar-refractivity contribution is 5.84. The van der Waals surface area contributed by atoms with Crippen LogP contribution >= 0.6 is 0 Å². The van der Waals surface area contributed by atoms with E-state index in [-0.39, 0.29) is 5.78 Å². The lowest BCUT2D eigenvalue weighted by Crippen LogP contribution is -2.46. The molecule has 2 rings (SSSR count). The normalized spacial score (nSPS) is 23.9. The first-order chi connectivity index (χ1) is 13.4. The molecule has 3 heteroatoms. The Morgan fingerprint density at radius 3 is 2.36 bits per heavy atom. The maximum absolute atomic E-state index is 12.8. The van der Waals surface area contributed by atoms with Crippen molar-refractivity contribution in [1.29, 1.82) is 0 Å². The van der Waals surface area contributed by atoms with E-state index in [2.05, 4.69) is 56.6 Å². The molecule has 0 spiro atoms. The van der Waals surface area contributed by atoms with Crippen LogP contribution in [-0.2, 0) is 4.79 Å². The Bertz CT molecular complexity index is 608. The number of carbonyl (C=O) groups excluding carboxylic acids is 1. The van der Waals surface area contributed by atoms with Crippen molar-refractivity contribution in [3.8, 4) is 11.8 Å². The fourth-order valence-corrected chi connectivity index (χ4v) is 4.84. The van der Waals surface area contributed by atoms with Crippen LogP contribution in [0, 0.1) is 23.2 Å². The third kappa shape index (κ3) is 5.82. The van der Waals surface area contributed by atoms with Gasteiger partial charge >= 0.3 is 0 Å². The molecule has 2 aliphatic carbocycles. The Kier molecular flexibility index (Phi) is 8.99. The van der Waals surface area contributed by atoms with Gasteiger partial charge in [0.15, 0.2) is 5.78 Å². The Morgan fingerprint density at radius 2 is 1.79 bits per heavy atom. The first-order valence-electron chi connectivity index (χ1n) is 11.1. The van der Waals surface area contributed by atoms with Gasteiger partial charge in [-0.05, 0) is 52.9 Å². The number of ketones is 1. The van der Waals surface area contributed by atoms with Gasteiger partial charge in [0.1, 0.15) is 6.10 Å². The van der Waals surface area contributed by atoms with Crippen LogP contribution in [0.5, 0.6) is 0 Å². The zero-order valence-electron chi connectivity index (χ0n) is 18.3. The predicted molar refractivity (Wildman–Crippen MR) is 117 cm³/mol. The molecule has 0 bridgehead atoms. The summed E-state index contributed by atoms with van der Waals surface area (Å²) in [5.41, 5.74) is -0.411. The van der Waals surface area contributed by atoms with E-state index in [0.29, 0.717) is 30.8 Å². The summed E-state index contributed by atoms with van der Waals surface area (Å²) in [7, 11) is 0. The molecule has 0 heterocycles. The molecule has 0 aromatic rings. The number of hydrogen-bond donors (Lipinski definition) is 1. The van der Waals surface area contributed by atoms with Crippen molar-refractivity contribution in [1.82, 2.24) is 4.90 Å². The average Bonchev–Trinajstić information content (AvgIpc) is 2.70. The van der Waals surface area contributed by atoms with Gasteiger partial charge in [-0.25, -0.2) is 0 Å². The molecule has 0 aromatic carbocycles. The van der Waals surface area contributed by atoms with Crippen LogP contribution in [0.3, 0.4) is 0 Å². The van der Waals surface area contributed by atoms with Crippen molar-refractivity contribution < 1.29 is 9.90 Å². The molecule has 28 heavy (non-hydrogen) atoms. The summed E-state index contributed by atoms with van der Waals surface area (Å²) in [6, 6.07) is 0.915. The summed E-state index contributed by atoms with van der Waals surface area (Å²) in [5.74, 6) is 6.71. The van der Waals surface area contributed by atoms with Crippen LogP contribution in [0.2, 0.25) is 0 Å². The van der Waals surface area contributed by atoms with Gasteiger partial charge in [0.05, 0.1) is 6.54 Å². The largest absolute Gasteiger partial charge is 0.384 e. The summed E-state index contributed by atoms with van der Waals surface area (Å²) in [4.78, 5) is 15.2. The Labute approximate surface area is 172 Å². The van der Waals surface area contributed by atoms with Gasteiger partial charge < -0.3 is 5.11 Å². The fraction of sp³-hybridized carbons (Fsp3) is 0.720. The summed E-state index contributed by atoms with van der Waals surface area (Å²) in [5, 5.41) is 11.0. The van der Waals surface area contributed by atoms with Crippen molar-refractivity contribution >= 4 is 5.78 Å². The standard InChI is InChI=1S/C25H39NO2/c1-20(2)26(21(3)4)19-13-6-10-16-23(27)24(28)25(17-11-7-12-18-25)22-14-8-5-9-15-22/h7,11-12,17,20-22,24,28H,5,8-10,14-16,18-19H2,1-4H3. The van der Waals surface area contributed by atoms with Crippen LogP contribution in [0.4, 0.5) is 0 Å². The van der Waals surface area contributed by atoms with E-state index in [0.717, 1.165) is 25.8 Å². The first-order valence-corrected chi connectivity index (χ1v) is 11.1. The van der Waals surface area contributed by atoms with E-state index in [1.54, 1.807) is 0 Å². The van der Waals surface area contributed by atoms with E-state index >= 15 is 0 Å². The molecular formula is C25H39NO2. The van der Waals surface area contributed by atoms with E-state index in [1.165, 1.54) is 19.3 Å². The Hall–Kier alpha value is -1.37. The minimum atomic E-state index is -0.915. The third-order valence-corrected chi connectivity index (χ3v) is 6.51. The summed E-state index contributed by atoms with van der Waals surface area (Å²) in [6.45, 7) is 9.44. The monoisotopic (exact) mass is 385 g/mol. The van der Waals surface area contributed by atoms with E-state index in [1.807, 2.05) is 12.2 Å². The van der Waals surface area contributed by atoms with E-state index < -0.39 is 11.5 Å². The molecule has 1 fully saturated rings. The minimum Gasteiger partial charge on any atom is -0.384 e. The lowest BCUT2D eigenvalue weighted by molar-refractivity contribution is -0.135. The van der Waals surface area contributed by atoms with Crippen LogP contribution in [0.25, 0.3) is 0 Å². The molecule has 2 aliphatic rings. The summed E-state index contributed by atoms with van der Waals surface area (Å²) >= 11 is 0. The Morgan fingerprint density at radius 1 is 1.11 bits per heavy atom. The zero-order valence-corrected chi connectivity index (χ0v) is 18.3.